The van der Waals surface area contributed by atoms with E-state index in [1.165, 1.54) is 0 Å². The third-order valence-corrected chi connectivity index (χ3v) is 7.24. The molecular formula is C29H27Cl2N3O5. The summed E-state index contributed by atoms with van der Waals surface area (Å²) in [5.41, 5.74) is 1.71. The lowest BCUT2D eigenvalue weighted by Crippen LogP contribution is -2.52. The lowest BCUT2D eigenvalue weighted by Gasteiger charge is -2.24. The number of oxime groups is 1. The van der Waals surface area contributed by atoms with Gasteiger partial charge in [-0.1, -0.05) is 83.8 Å². The normalized spacial score (nSPS) is 17.9. The van der Waals surface area contributed by atoms with E-state index in [2.05, 4.69) is 15.8 Å². The summed E-state index contributed by atoms with van der Waals surface area (Å²) in [4.78, 5) is 43.2. The van der Waals surface area contributed by atoms with E-state index < -0.39 is 29.4 Å². The molecule has 3 N–H and O–H groups in total. The van der Waals surface area contributed by atoms with Crippen LogP contribution >= 0.6 is 23.2 Å². The Labute approximate surface area is 236 Å². The molecule has 3 aromatic rings. The lowest BCUT2D eigenvalue weighted by molar-refractivity contribution is -0.148. The Morgan fingerprint density at radius 3 is 2.26 bits per heavy atom. The SMILES string of the molecule is CC(C1=NO[C@](C)(C(=O)NC(Cc2ccc(NC(=O)c3c(Cl)cccc3Cl)cc2)C(=O)O)C1)c1ccccc1. The molecule has 0 aromatic heterocycles. The lowest BCUT2D eigenvalue weighted by atomic mass is 9.88. The molecule has 1 aliphatic heterocycles. The van der Waals surface area contributed by atoms with Gasteiger partial charge in [0.2, 0.25) is 5.60 Å². The quantitative estimate of drug-likeness (QED) is 0.306. The Balaban J connectivity index is 1.37. The maximum absolute atomic E-state index is 13.1. The van der Waals surface area contributed by atoms with E-state index >= 15 is 0 Å². The van der Waals surface area contributed by atoms with E-state index in [0.717, 1.165) is 5.56 Å². The molecule has 1 aliphatic rings. The molecule has 202 valence electrons. The van der Waals surface area contributed by atoms with Gasteiger partial charge in [0.1, 0.15) is 6.04 Å². The summed E-state index contributed by atoms with van der Waals surface area (Å²) in [5, 5.41) is 19.7. The van der Waals surface area contributed by atoms with E-state index in [1.54, 1.807) is 49.4 Å². The van der Waals surface area contributed by atoms with Crippen LogP contribution in [0, 0.1) is 0 Å². The van der Waals surface area contributed by atoms with Crippen LogP contribution in [0.1, 0.15) is 47.7 Å². The number of benzene rings is 3. The number of anilines is 1. The van der Waals surface area contributed by atoms with Crippen molar-refractivity contribution in [2.45, 2.75) is 44.2 Å². The molecule has 1 heterocycles. The highest BCUT2D eigenvalue weighted by atomic mass is 35.5. The highest BCUT2D eigenvalue weighted by Crippen LogP contribution is 2.31. The molecule has 4 rings (SSSR count). The number of rotatable bonds is 9. The molecule has 2 unspecified atom stereocenters. The summed E-state index contributed by atoms with van der Waals surface area (Å²) in [6, 6.07) is 19.9. The first-order valence-electron chi connectivity index (χ1n) is 12.3. The summed E-state index contributed by atoms with van der Waals surface area (Å²) < 4.78 is 0. The fraction of sp³-hybridized carbons (Fsp3) is 0.241. The van der Waals surface area contributed by atoms with Crippen molar-refractivity contribution >= 4 is 52.4 Å². The Kier molecular flexibility index (Phi) is 8.57. The molecule has 0 radical (unpaired) electrons. The van der Waals surface area contributed by atoms with Gasteiger partial charge in [0.15, 0.2) is 0 Å². The predicted molar refractivity (Wildman–Crippen MR) is 151 cm³/mol. The van der Waals surface area contributed by atoms with Crippen LogP contribution in [0.25, 0.3) is 0 Å². The van der Waals surface area contributed by atoms with Crippen molar-refractivity contribution < 1.29 is 24.3 Å². The minimum absolute atomic E-state index is 0.0237. The first-order valence-corrected chi connectivity index (χ1v) is 13.0. The molecule has 3 aromatic carbocycles. The van der Waals surface area contributed by atoms with Gasteiger partial charge < -0.3 is 20.6 Å². The number of carbonyl (C=O) groups excluding carboxylic acids is 2. The molecule has 10 heteroatoms. The molecular weight excluding hydrogens is 541 g/mol. The zero-order valence-corrected chi connectivity index (χ0v) is 22.8. The third kappa shape index (κ3) is 6.58. The molecule has 0 fully saturated rings. The molecule has 0 bridgehead atoms. The fourth-order valence-electron chi connectivity index (χ4n) is 4.24. The van der Waals surface area contributed by atoms with Crippen molar-refractivity contribution in [2.24, 2.45) is 5.16 Å². The van der Waals surface area contributed by atoms with Gasteiger partial charge in [-0.3, -0.25) is 9.59 Å². The number of carboxylic acid groups (broad SMARTS) is 1. The highest BCUT2D eigenvalue weighted by Gasteiger charge is 2.44. The fourth-order valence-corrected chi connectivity index (χ4v) is 4.81. The Bertz CT molecular complexity index is 1390. The molecule has 0 saturated heterocycles. The maximum Gasteiger partial charge on any atom is 0.326 e. The standard InChI is InChI=1S/C29H27Cl2N3O5/c1-17(19-7-4-3-5-8-19)24-16-29(2,39-34-24)28(38)33-23(27(36)37)15-18-11-13-20(14-12-18)32-26(35)25-21(30)9-6-10-22(25)31/h3-14,17,23H,15-16H2,1-2H3,(H,32,35)(H,33,38)(H,36,37)/t17?,23?,29-/m0/s1. The summed E-state index contributed by atoms with van der Waals surface area (Å²) in [5.74, 6) is -2.27. The second-order valence-electron chi connectivity index (χ2n) is 9.53. The van der Waals surface area contributed by atoms with Gasteiger partial charge in [-0.15, -0.1) is 0 Å². The van der Waals surface area contributed by atoms with Crippen molar-refractivity contribution in [2.75, 3.05) is 5.32 Å². The predicted octanol–water partition coefficient (Wildman–Crippen LogP) is 5.70. The number of nitrogens with one attached hydrogen (secondary N) is 2. The second-order valence-corrected chi connectivity index (χ2v) is 10.3. The van der Waals surface area contributed by atoms with E-state index in [9.17, 15) is 19.5 Å². The van der Waals surface area contributed by atoms with Crippen LogP contribution in [0.15, 0.2) is 78.0 Å². The van der Waals surface area contributed by atoms with Gasteiger partial charge in [-0.2, -0.15) is 0 Å². The second kappa shape index (κ2) is 11.9. The third-order valence-electron chi connectivity index (χ3n) is 6.61. The van der Waals surface area contributed by atoms with E-state index in [4.69, 9.17) is 28.0 Å². The minimum Gasteiger partial charge on any atom is -0.480 e. The molecule has 0 aliphatic carbocycles. The van der Waals surface area contributed by atoms with Gasteiger partial charge >= 0.3 is 5.97 Å². The van der Waals surface area contributed by atoms with Crippen LogP contribution in [0.4, 0.5) is 5.69 Å². The molecule has 2 amide bonds. The Morgan fingerprint density at radius 1 is 1.00 bits per heavy atom. The summed E-state index contributed by atoms with van der Waals surface area (Å²) in [6.07, 6.45) is 0.265. The van der Waals surface area contributed by atoms with Gasteiger partial charge in [-0.05, 0) is 42.3 Å². The van der Waals surface area contributed by atoms with Crippen LogP contribution in [0.2, 0.25) is 10.0 Å². The zero-order valence-electron chi connectivity index (χ0n) is 21.3. The van der Waals surface area contributed by atoms with Crippen LogP contribution in [0.5, 0.6) is 0 Å². The number of nitrogens with zero attached hydrogens (tertiary/aromatic N) is 1. The maximum atomic E-state index is 13.1. The summed E-state index contributed by atoms with van der Waals surface area (Å²) >= 11 is 12.2. The van der Waals surface area contributed by atoms with Crippen LogP contribution in [0.3, 0.4) is 0 Å². The number of hydrogen-bond donors (Lipinski definition) is 3. The number of aliphatic carboxylic acids is 1. The topological polar surface area (TPSA) is 117 Å². The van der Waals surface area contributed by atoms with Crippen LogP contribution in [-0.2, 0) is 20.8 Å². The largest absolute Gasteiger partial charge is 0.480 e. The van der Waals surface area contributed by atoms with Crippen LogP contribution < -0.4 is 10.6 Å². The Hall–Kier alpha value is -3.88. The zero-order chi connectivity index (χ0) is 28.2. The number of carboxylic acids is 1. The Morgan fingerprint density at radius 2 is 1.64 bits per heavy atom. The highest BCUT2D eigenvalue weighted by molar-refractivity contribution is 6.40. The average Bonchev–Trinajstić information content (AvgIpc) is 3.32. The number of hydrogen-bond acceptors (Lipinski definition) is 5. The molecule has 3 atom stereocenters. The smallest absolute Gasteiger partial charge is 0.326 e. The number of halogens is 2. The average molecular weight is 568 g/mol. The van der Waals surface area contributed by atoms with Crippen molar-refractivity contribution in [1.82, 2.24) is 5.32 Å². The monoisotopic (exact) mass is 567 g/mol. The molecule has 8 nitrogen and oxygen atoms in total. The van der Waals surface area contributed by atoms with E-state index in [-0.39, 0.29) is 34.4 Å². The number of amides is 2. The number of carbonyl (C=O) groups is 3. The van der Waals surface area contributed by atoms with E-state index in [0.29, 0.717) is 17.0 Å². The summed E-state index contributed by atoms with van der Waals surface area (Å²) in [6.45, 7) is 3.58. The van der Waals surface area contributed by atoms with Gasteiger partial charge in [0.05, 0.1) is 21.3 Å². The van der Waals surface area contributed by atoms with Crippen molar-refractivity contribution in [1.29, 1.82) is 0 Å². The van der Waals surface area contributed by atoms with Gasteiger partial charge in [0.25, 0.3) is 11.8 Å². The van der Waals surface area contributed by atoms with Crippen molar-refractivity contribution in [3.8, 4) is 0 Å². The van der Waals surface area contributed by atoms with Crippen LogP contribution in [-0.4, -0.2) is 40.2 Å². The molecule has 0 spiro atoms. The first-order chi connectivity index (χ1) is 18.6. The van der Waals surface area contributed by atoms with Gasteiger partial charge in [-0.25, -0.2) is 4.79 Å². The minimum atomic E-state index is -1.32. The summed E-state index contributed by atoms with van der Waals surface area (Å²) in [7, 11) is 0. The molecule has 0 saturated carbocycles. The van der Waals surface area contributed by atoms with Gasteiger partial charge in [0, 0.05) is 24.4 Å². The molecule has 39 heavy (non-hydrogen) atoms. The van der Waals surface area contributed by atoms with Crippen molar-refractivity contribution in [3.05, 3.63) is 99.5 Å². The van der Waals surface area contributed by atoms with E-state index in [1.807, 2.05) is 37.3 Å². The van der Waals surface area contributed by atoms with Crippen molar-refractivity contribution in [3.63, 3.8) is 0 Å². The first kappa shape index (κ1) is 28.1.